The predicted molar refractivity (Wildman–Crippen MR) is 127 cm³/mol. The fraction of sp³-hybridized carbons (Fsp3) is 0.333. The Morgan fingerprint density at radius 3 is 2.50 bits per heavy atom. The van der Waals surface area contributed by atoms with Gasteiger partial charge in [0.05, 0.1) is 5.56 Å². The van der Waals surface area contributed by atoms with Crippen molar-refractivity contribution in [1.29, 1.82) is 0 Å². The number of aromatic nitrogens is 1. The van der Waals surface area contributed by atoms with Gasteiger partial charge < -0.3 is 20.2 Å². The maximum Gasteiger partial charge on any atom is 0.419 e. The van der Waals surface area contributed by atoms with E-state index < -0.39 is 23.2 Å². The lowest BCUT2D eigenvalue weighted by Gasteiger charge is -2.27. The number of hydrogen-bond donors (Lipinski definition) is 2. The number of pyridine rings is 1. The van der Waals surface area contributed by atoms with Gasteiger partial charge in [-0.1, -0.05) is 19.9 Å². The van der Waals surface area contributed by atoms with E-state index in [0.29, 0.717) is 16.7 Å². The molecule has 6 nitrogen and oxygen atoms in total. The third-order valence-corrected chi connectivity index (χ3v) is 5.27. The van der Waals surface area contributed by atoms with Gasteiger partial charge in [0.15, 0.2) is 10.4 Å². The first-order valence-corrected chi connectivity index (χ1v) is 11.3. The summed E-state index contributed by atoms with van der Waals surface area (Å²) in [6.07, 6.45) is -2.63. The lowest BCUT2D eigenvalue weighted by Crippen LogP contribution is -2.43. The number of ether oxygens (including phenoxy) is 1. The lowest BCUT2D eigenvalue weighted by molar-refractivity contribution is -0.139. The zero-order valence-corrected chi connectivity index (χ0v) is 20.5. The van der Waals surface area contributed by atoms with Gasteiger partial charge in [0.25, 0.3) is 5.91 Å². The van der Waals surface area contributed by atoms with Crippen LogP contribution in [0.15, 0.2) is 57.7 Å². The molecule has 0 bridgehead atoms. The largest absolute Gasteiger partial charge is 0.491 e. The van der Waals surface area contributed by atoms with E-state index in [9.17, 15) is 18.0 Å². The van der Waals surface area contributed by atoms with Crippen LogP contribution in [0, 0.1) is 5.92 Å². The minimum Gasteiger partial charge on any atom is -0.491 e. The first-order valence-electron chi connectivity index (χ1n) is 10.5. The molecule has 182 valence electrons. The normalized spacial score (nSPS) is 13.6. The van der Waals surface area contributed by atoms with Crippen molar-refractivity contribution in [2.45, 2.75) is 38.9 Å². The molecule has 34 heavy (non-hydrogen) atoms. The lowest BCUT2D eigenvalue weighted by atomic mass is 9.93. The zero-order valence-electron chi connectivity index (χ0n) is 18.9. The highest BCUT2D eigenvalue weighted by Crippen LogP contribution is 2.39. The Morgan fingerprint density at radius 1 is 1.18 bits per heavy atom. The van der Waals surface area contributed by atoms with Gasteiger partial charge in [-0.25, -0.2) is 4.98 Å². The number of carbonyl (C=O) groups is 1. The number of nitrogens with two attached hydrogens (primary N) is 1. The number of nitrogens with one attached hydrogen (secondary N) is 1. The molecule has 0 spiro atoms. The number of benzene rings is 1. The first kappa shape index (κ1) is 25.8. The number of carbonyl (C=O) groups excluding carboxylic acids is 1. The van der Waals surface area contributed by atoms with E-state index in [1.165, 1.54) is 30.5 Å². The Balaban J connectivity index is 1.84. The van der Waals surface area contributed by atoms with Crippen molar-refractivity contribution in [1.82, 2.24) is 4.98 Å². The maximum atomic E-state index is 13.8. The van der Waals surface area contributed by atoms with Crippen LogP contribution in [0.1, 0.15) is 43.3 Å². The zero-order chi connectivity index (χ0) is 25.1. The smallest absolute Gasteiger partial charge is 0.419 e. The highest BCUT2D eigenvalue weighted by molar-refractivity contribution is 9.10. The Kier molecular flexibility index (Phi) is 7.72. The Bertz CT molecular complexity index is 1160. The molecule has 3 rings (SSSR count). The van der Waals surface area contributed by atoms with Gasteiger partial charge in [-0.2, -0.15) is 13.2 Å². The quantitative estimate of drug-likeness (QED) is 0.340. The van der Waals surface area contributed by atoms with Crippen molar-refractivity contribution in [3.05, 3.63) is 64.7 Å². The van der Waals surface area contributed by atoms with Gasteiger partial charge in [0.2, 0.25) is 0 Å². The fourth-order valence-electron chi connectivity index (χ4n) is 3.58. The summed E-state index contributed by atoms with van der Waals surface area (Å²) in [6, 6.07) is 9.88. The van der Waals surface area contributed by atoms with Crippen LogP contribution in [0.2, 0.25) is 0 Å². The van der Waals surface area contributed by atoms with Crippen molar-refractivity contribution in [2.24, 2.45) is 11.7 Å². The maximum absolute atomic E-state index is 13.8. The molecule has 0 aliphatic heterocycles. The Labute approximate surface area is 203 Å². The molecule has 10 heteroatoms. The molecule has 0 saturated carbocycles. The second-order valence-electron chi connectivity index (χ2n) is 8.74. The van der Waals surface area contributed by atoms with Gasteiger partial charge in [-0.05, 0) is 82.7 Å². The molecule has 1 aromatic carbocycles. The van der Waals surface area contributed by atoms with Crippen molar-refractivity contribution in [3.8, 4) is 16.9 Å². The van der Waals surface area contributed by atoms with Crippen LogP contribution in [0.3, 0.4) is 0 Å². The van der Waals surface area contributed by atoms with E-state index in [2.05, 4.69) is 26.2 Å². The molecular formula is C24H25BrF3N3O3. The van der Waals surface area contributed by atoms with Crippen LogP contribution in [0.5, 0.6) is 5.75 Å². The monoisotopic (exact) mass is 539 g/mol. The van der Waals surface area contributed by atoms with Gasteiger partial charge in [0, 0.05) is 11.7 Å². The van der Waals surface area contributed by atoms with Crippen molar-refractivity contribution in [3.63, 3.8) is 0 Å². The third kappa shape index (κ3) is 6.83. The average Bonchev–Trinajstić information content (AvgIpc) is 3.17. The van der Waals surface area contributed by atoms with E-state index in [1.54, 1.807) is 19.1 Å². The van der Waals surface area contributed by atoms with E-state index in [1.807, 2.05) is 13.8 Å². The summed E-state index contributed by atoms with van der Waals surface area (Å²) in [4.78, 5) is 16.3. The van der Waals surface area contributed by atoms with E-state index in [-0.39, 0.29) is 35.4 Å². The van der Waals surface area contributed by atoms with Crippen LogP contribution in [0.4, 0.5) is 19.0 Å². The summed E-state index contributed by atoms with van der Waals surface area (Å²) < 4.78 is 52.6. The van der Waals surface area contributed by atoms with E-state index in [0.717, 1.165) is 6.07 Å². The number of hydrogen-bond acceptors (Lipinski definition) is 5. The SMILES string of the molecule is CC(C)CC(C)(N)COc1ccc(-c2ccnc(NC(=O)c3ccc(Br)o3)c2)cc1C(F)(F)F. The summed E-state index contributed by atoms with van der Waals surface area (Å²) in [5.74, 6) is -0.330. The highest BCUT2D eigenvalue weighted by atomic mass is 79.9. The number of halogens is 4. The number of amides is 1. The van der Waals surface area contributed by atoms with Crippen molar-refractivity contribution >= 4 is 27.7 Å². The summed E-state index contributed by atoms with van der Waals surface area (Å²) in [5, 5.41) is 2.56. The number of alkyl halides is 3. The number of rotatable bonds is 8. The molecule has 0 saturated heterocycles. The molecule has 0 aliphatic rings. The van der Waals surface area contributed by atoms with Crippen LogP contribution < -0.4 is 15.8 Å². The molecule has 3 aromatic rings. The van der Waals surface area contributed by atoms with Crippen LogP contribution in [-0.2, 0) is 6.18 Å². The molecule has 0 fully saturated rings. The van der Waals surface area contributed by atoms with Crippen LogP contribution >= 0.6 is 15.9 Å². The first-order chi connectivity index (χ1) is 15.8. The topological polar surface area (TPSA) is 90.4 Å². The van der Waals surface area contributed by atoms with Crippen LogP contribution in [-0.4, -0.2) is 23.0 Å². The molecule has 0 radical (unpaired) electrons. The summed E-state index contributed by atoms with van der Waals surface area (Å²) in [7, 11) is 0. The molecule has 3 N–H and O–H groups in total. The molecule has 1 unspecified atom stereocenters. The Hall–Kier alpha value is -2.85. The van der Waals surface area contributed by atoms with E-state index in [4.69, 9.17) is 14.9 Å². The average molecular weight is 540 g/mol. The fourth-order valence-corrected chi connectivity index (χ4v) is 3.89. The minimum atomic E-state index is -4.63. The molecule has 0 aliphatic carbocycles. The van der Waals surface area contributed by atoms with Gasteiger partial charge in [0.1, 0.15) is 18.2 Å². The van der Waals surface area contributed by atoms with Gasteiger partial charge in [-0.3, -0.25) is 4.79 Å². The standard InChI is InChI=1S/C24H25BrF3N3O3/c1-14(2)12-23(3,29)13-33-18-5-4-15(10-17(18)24(26,27)28)16-8-9-30-21(11-16)31-22(32)19-6-7-20(25)34-19/h4-11,14H,12-13,29H2,1-3H3,(H,30,31,32). The third-order valence-electron chi connectivity index (χ3n) is 4.85. The number of furan rings is 1. The number of nitrogens with zero attached hydrogens (tertiary/aromatic N) is 1. The van der Waals surface area contributed by atoms with Gasteiger partial charge >= 0.3 is 6.18 Å². The van der Waals surface area contributed by atoms with Crippen molar-refractivity contribution in [2.75, 3.05) is 11.9 Å². The Morgan fingerprint density at radius 2 is 1.88 bits per heavy atom. The second-order valence-corrected chi connectivity index (χ2v) is 9.52. The van der Waals surface area contributed by atoms with Crippen LogP contribution in [0.25, 0.3) is 11.1 Å². The van der Waals surface area contributed by atoms with Gasteiger partial charge in [-0.15, -0.1) is 0 Å². The minimum absolute atomic E-state index is 0.0536. The van der Waals surface area contributed by atoms with Crippen molar-refractivity contribution < 1.29 is 27.1 Å². The molecule has 2 heterocycles. The van der Waals surface area contributed by atoms with E-state index >= 15 is 0 Å². The number of anilines is 1. The summed E-state index contributed by atoms with van der Waals surface area (Å²) in [6.45, 7) is 5.67. The second kappa shape index (κ2) is 10.2. The predicted octanol–water partition coefficient (Wildman–Crippen LogP) is 6.52. The summed E-state index contributed by atoms with van der Waals surface area (Å²) in [5.41, 5.74) is 5.24. The highest BCUT2D eigenvalue weighted by Gasteiger charge is 2.35. The molecule has 1 atom stereocenters. The molecule has 1 amide bonds. The molecular weight excluding hydrogens is 515 g/mol. The molecule has 2 aromatic heterocycles. The summed E-state index contributed by atoms with van der Waals surface area (Å²) >= 11 is 3.12.